The zero-order valence-electron chi connectivity index (χ0n) is 15.4. The molecule has 0 unspecified atom stereocenters. The molecule has 0 atom stereocenters. The van der Waals surface area contributed by atoms with Gasteiger partial charge in [0.25, 0.3) is 0 Å². The number of amides is 1. The van der Waals surface area contributed by atoms with Crippen molar-refractivity contribution in [2.75, 3.05) is 5.32 Å². The van der Waals surface area contributed by atoms with Gasteiger partial charge in [-0.1, -0.05) is 54.6 Å². The Bertz CT molecular complexity index is 1210. The van der Waals surface area contributed by atoms with E-state index < -0.39 is 0 Å². The van der Waals surface area contributed by atoms with Gasteiger partial charge in [0, 0.05) is 11.1 Å². The van der Waals surface area contributed by atoms with Crippen LogP contribution < -0.4 is 10.9 Å². The van der Waals surface area contributed by atoms with Crippen LogP contribution in [0.4, 0.5) is 5.69 Å². The molecule has 0 aliphatic rings. The van der Waals surface area contributed by atoms with Crippen molar-refractivity contribution in [3.05, 3.63) is 100 Å². The zero-order valence-corrected chi connectivity index (χ0v) is 15.4. The molecule has 0 saturated heterocycles. The van der Waals surface area contributed by atoms with E-state index in [-0.39, 0.29) is 11.5 Å². The van der Waals surface area contributed by atoms with Gasteiger partial charge >= 0.3 is 5.63 Å². The maximum absolute atomic E-state index is 12.4. The Labute approximate surface area is 162 Å². The van der Waals surface area contributed by atoms with E-state index in [4.69, 9.17) is 4.42 Å². The number of aryl methyl sites for hydroxylation is 1. The number of hydrogen-bond acceptors (Lipinski definition) is 3. The molecule has 0 aliphatic heterocycles. The van der Waals surface area contributed by atoms with Crippen LogP contribution in [0.15, 0.2) is 88.1 Å². The fourth-order valence-corrected chi connectivity index (χ4v) is 3.28. The lowest BCUT2D eigenvalue weighted by molar-refractivity contribution is -0.115. The summed E-state index contributed by atoms with van der Waals surface area (Å²) in [5.74, 6) is -0.0800. The van der Waals surface area contributed by atoms with Gasteiger partial charge in [0.2, 0.25) is 5.91 Å². The van der Waals surface area contributed by atoms with Crippen LogP contribution in [-0.2, 0) is 11.2 Å². The predicted molar refractivity (Wildman–Crippen MR) is 111 cm³/mol. The number of carbonyl (C=O) groups excluding carboxylic acids is 1. The van der Waals surface area contributed by atoms with Gasteiger partial charge in [0.15, 0.2) is 0 Å². The molecule has 0 aliphatic carbocycles. The maximum atomic E-state index is 12.4. The largest absolute Gasteiger partial charge is 0.422 e. The van der Waals surface area contributed by atoms with E-state index in [2.05, 4.69) is 5.32 Å². The molecule has 4 aromatic rings. The summed E-state index contributed by atoms with van der Waals surface area (Å²) in [5.41, 5.74) is 4.05. The Balaban J connectivity index is 1.59. The molecule has 0 saturated carbocycles. The van der Waals surface area contributed by atoms with E-state index in [1.807, 2.05) is 73.7 Å². The Morgan fingerprint density at radius 1 is 0.893 bits per heavy atom. The number of benzene rings is 3. The molecule has 0 radical (unpaired) electrons. The molecule has 1 N–H and O–H groups in total. The minimum absolute atomic E-state index is 0.0800. The SMILES string of the molecule is Cc1cc(NC(=O)Cc2ccccc2)ccc1-c1cc2ccccc2oc1=O. The highest BCUT2D eigenvalue weighted by atomic mass is 16.4. The van der Waals surface area contributed by atoms with Crippen LogP contribution >= 0.6 is 0 Å². The van der Waals surface area contributed by atoms with Crippen molar-refractivity contribution in [3.63, 3.8) is 0 Å². The van der Waals surface area contributed by atoms with Gasteiger partial charge in [-0.2, -0.15) is 0 Å². The number of nitrogens with one attached hydrogen (secondary N) is 1. The van der Waals surface area contributed by atoms with Crippen molar-refractivity contribution in [1.29, 1.82) is 0 Å². The highest BCUT2D eigenvalue weighted by molar-refractivity contribution is 5.93. The summed E-state index contributed by atoms with van der Waals surface area (Å²) in [4.78, 5) is 24.7. The van der Waals surface area contributed by atoms with E-state index in [9.17, 15) is 9.59 Å². The number of carbonyl (C=O) groups is 1. The van der Waals surface area contributed by atoms with Crippen LogP contribution in [0.1, 0.15) is 11.1 Å². The first-order valence-corrected chi connectivity index (χ1v) is 9.08. The van der Waals surface area contributed by atoms with Gasteiger partial charge in [-0.05, 0) is 47.9 Å². The molecule has 1 heterocycles. The van der Waals surface area contributed by atoms with Crippen LogP contribution in [0.5, 0.6) is 0 Å². The number of hydrogen-bond donors (Lipinski definition) is 1. The van der Waals surface area contributed by atoms with Crippen molar-refractivity contribution in [2.24, 2.45) is 0 Å². The van der Waals surface area contributed by atoms with E-state index in [1.54, 1.807) is 12.1 Å². The first-order chi connectivity index (χ1) is 13.6. The monoisotopic (exact) mass is 369 g/mol. The predicted octanol–water partition coefficient (Wildman–Crippen LogP) is 4.95. The van der Waals surface area contributed by atoms with Crippen LogP contribution in [0.25, 0.3) is 22.1 Å². The highest BCUT2D eigenvalue weighted by Crippen LogP contribution is 2.26. The molecule has 1 amide bonds. The second-order valence-corrected chi connectivity index (χ2v) is 6.73. The van der Waals surface area contributed by atoms with E-state index >= 15 is 0 Å². The van der Waals surface area contributed by atoms with Crippen molar-refractivity contribution in [2.45, 2.75) is 13.3 Å². The smallest absolute Gasteiger partial charge is 0.344 e. The molecule has 4 heteroatoms. The summed E-state index contributed by atoms with van der Waals surface area (Å²) in [6, 6.07) is 24.4. The maximum Gasteiger partial charge on any atom is 0.344 e. The zero-order chi connectivity index (χ0) is 19.5. The molecule has 3 aromatic carbocycles. The minimum Gasteiger partial charge on any atom is -0.422 e. The Hall–Kier alpha value is -3.66. The van der Waals surface area contributed by atoms with E-state index in [0.29, 0.717) is 23.3 Å². The van der Waals surface area contributed by atoms with Crippen LogP contribution in [-0.4, -0.2) is 5.91 Å². The molecule has 0 bridgehead atoms. The third kappa shape index (κ3) is 3.71. The van der Waals surface area contributed by atoms with Gasteiger partial charge in [0.1, 0.15) is 5.58 Å². The third-order valence-corrected chi connectivity index (χ3v) is 4.65. The fourth-order valence-electron chi connectivity index (χ4n) is 3.28. The van der Waals surface area contributed by atoms with Crippen molar-refractivity contribution < 1.29 is 9.21 Å². The molecule has 0 spiro atoms. The highest BCUT2D eigenvalue weighted by Gasteiger charge is 2.11. The lowest BCUT2D eigenvalue weighted by Gasteiger charge is -2.10. The minimum atomic E-state index is -0.373. The summed E-state index contributed by atoms with van der Waals surface area (Å²) in [6.45, 7) is 1.91. The van der Waals surface area contributed by atoms with Gasteiger partial charge in [-0.3, -0.25) is 4.79 Å². The third-order valence-electron chi connectivity index (χ3n) is 4.65. The Morgan fingerprint density at radius 2 is 1.64 bits per heavy atom. The first-order valence-electron chi connectivity index (χ1n) is 9.08. The molecule has 4 rings (SSSR count). The van der Waals surface area contributed by atoms with Gasteiger partial charge in [-0.15, -0.1) is 0 Å². The number of anilines is 1. The Kier molecular flexibility index (Phi) is 4.77. The van der Waals surface area contributed by atoms with Crippen LogP contribution in [0, 0.1) is 6.92 Å². The average molecular weight is 369 g/mol. The summed E-state index contributed by atoms with van der Waals surface area (Å²) in [6.07, 6.45) is 0.315. The van der Waals surface area contributed by atoms with Crippen molar-refractivity contribution in [1.82, 2.24) is 0 Å². The van der Waals surface area contributed by atoms with Crippen LogP contribution in [0.2, 0.25) is 0 Å². The summed E-state index contributed by atoms with van der Waals surface area (Å²) >= 11 is 0. The molecule has 4 nitrogen and oxygen atoms in total. The second-order valence-electron chi connectivity index (χ2n) is 6.73. The summed E-state index contributed by atoms with van der Waals surface area (Å²) in [5, 5.41) is 3.79. The molecular weight excluding hydrogens is 350 g/mol. The average Bonchev–Trinajstić information content (AvgIpc) is 2.68. The van der Waals surface area contributed by atoms with Gasteiger partial charge in [0.05, 0.1) is 12.0 Å². The van der Waals surface area contributed by atoms with Crippen LogP contribution in [0.3, 0.4) is 0 Å². The van der Waals surface area contributed by atoms with E-state index in [1.165, 1.54) is 0 Å². The molecule has 1 aromatic heterocycles. The van der Waals surface area contributed by atoms with Gasteiger partial charge in [-0.25, -0.2) is 4.79 Å². The number of rotatable bonds is 4. The quantitative estimate of drug-likeness (QED) is 0.518. The number of para-hydroxylation sites is 1. The molecule has 0 fully saturated rings. The first kappa shape index (κ1) is 17.7. The molecule has 28 heavy (non-hydrogen) atoms. The summed E-state index contributed by atoms with van der Waals surface area (Å²) in [7, 11) is 0. The molecular formula is C24H19NO3. The standard InChI is InChI=1S/C24H19NO3/c1-16-13-19(25-23(26)14-17-7-3-2-4-8-17)11-12-20(16)21-15-18-9-5-6-10-22(18)28-24(21)27/h2-13,15H,14H2,1H3,(H,25,26). The number of fused-ring (bicyclic) bond motifs is 1. The normalized spacial score (nSPS) is 10.8. The van der Waals surface area contributed by atoms with E-state index in [0.717, 1.165) is 22.1 Å². The lowest BCUT2D eigenvalue weighted by Crippen LogP contribution is -2.14. The van der Waals surface area contributed by atoms with Crippen molar-refractivity contribution >= 4 is 22.6 Å². The molecule has 138 valence electrons. The summed E-state index contributed by atoms with van der Waals surface area (Å²) < 4.78 is 5.44. The lowest BCUT2D eigenvalue weighted by atomic mass is 10.0. The fraction of sp³-hybridized carbons (Fsp3) is 0.0833. The topological polar surface area (TPSA) is 59.3 Å². The Morgan fingerprint density at radius 3 is 2.43 bits per heavy atom. The van der Waals surface area contributed by atoms with Crippen molar-refractivity contribution in [3.8, 4) is 11.1 Å². The van der Waals surface area contributed by atoms with Gasteiger partial charge < -0.3 is 9.73 Å². The second kappa shape index (κ2) is 7.53.